The van der Waals surface area contributed by atoms with E-state index in [-0.39, 0.29) is 12.4 Å². The highest BCUT2D eigenvalue weighted by atomic mass is 35.5. The van der Waals surface area contributed by atoms with Crippen molar-refractivity contribution in [3.63, 3.8) is 0 Å². The number of anilines is 1. The van der Waals surface area contributed by atoms with E-state index in [4.69, 9.17) is 0 Å². The second kappa shape index (κ2) is 5.88. The maximum atomic E-state index is 4.38. The molecule has 84 valence electrons. The summed E-state index contributed by atoms with van der Waals surface area (Å²) in [6, 6.07) is 0. The Bertz CT molecular complexity index is 297. The standard InChI is InChI=1S/C10H16N4.ClH/c1-9-10(13-5-4-12-9)14-7-2-3-11-6-8-14;/h4-5,11H,2-3,6-8H2,1H3;1H. The third kappa shape index (κ3) is 3.04. The number of halogens is 1. The summed E-state index contributed by atoms with van der Waals surface area (Å²) in [7, 11) is 0. The van der Waals surface area contributed by atoms with Crippen molar-refractivity contribution in [3.8, 4) is 0 Å². The molecule has 4 nitrogen and oxygen atoms in total. The molecule has 0 unspecified atom stereocenters. The van der Waals surface area contributed by atoms with Gasteiger partial charge in [0.25, 0.3) is 0 Å². The molecule has 1 saturated heterocycles. The van der Waals surface area contributed by atoms with Gasteiger partial charge in [0.05, 0.1) is 5.69 Å². The van der Waals surface area contributed by atoms with E-state index in [1.54, 1.807) is 12.4 Å². The first-order valence-electron chi connectivity index (χ1n) is 5.11. The van der Waals surface area contributed by atoms with Crippen LogP contribution in [0.1, 0.15) is 12.1 Å². The molecule has 0 radical (unpaired) electrons. The van der Waals surface area contributed by atoms with Gasteiger partial charge in [-0.1, -0.05) is 0 Å². The number of aromatic nitrogens is 2. The molecular weight excluding hydrogens is 212 g/mol. The fraction of sp³-hybridized carbons (Fsp3) is 0.600. The number of rotatable bonds is 1. The fourth-order valence-electron chi connectivity index (χ4n) is 1.77. The van der Waals surface area contributed by atoms with Crippen LogP contribution in [-0.4, -0.2) is 36.1 Å². The second-order valence-corrected chi connectivity index (χ2v) is 3.56. The lowest BCUT2D eigenvalue weighted by Crippen LogP contribution is -2.29. The van der Waals surface area contributed by atoms with Crippen LogP contribution in [0, 0.1) is 6.92 Å². The van der Waals surface area contributed by atoms with Crippen molar-refractivity contribution in [1.29, 1.82) is 0 Å². The molecule has 0 amide bonds. The van der Waals surface area contributed by atoms with Gasteiger partial charge >= 0.3 is 0 Å². The molecule has 1 aliphatic rings. The van der Waals surface area contributed by atoms with E-state index >= 15 is 0 Å². The molecule has 1 N–H and O–H groups in total. The smallest absolute Gasteiger partial charge is 0.150 e. The normalized spacial score (nSPS) is 16.7. The molecule has 5 heteroatoms. The predicted molar refractivity (Wildman–Crippen MR) is 63.7 cm³/mol. The van der Waals surface area contributed by atoms with Crippen molar-refractivity contribution in [2.24, 2.45) is 0 Å². The minimum atomic E-state index is 0. The van der Waals surface area contributed by atoms with Gasteiger partial charge in [0.2, 0.25) is 0 Å². The van der Waals surface area contributed by atoms with Crippen molar-refractivity contribution in [3.05, 3.63) is 18.1 Å². The Morgan fingerprint density at radius 1 is 1.20 bits per heavy atom. The van der Waals surface area contributed by atoms with Crippen molar-refractivity contribution in [2.75, 3.05) is 31.1 Å². The van der Waals surface area contributed by atoms with Crippen molar-refractivity contribution in [2.45, 2.75) is 13.3 Å². The summed E-state index contributed by atoms with van der Waals surface area (Å²) < 4.78 is 0. The average molecular weight is 229 g/mol. The summed E-state index contributed by atoms with van der Waals surface area (Å²) in [6.45, 7) is 6.26. The van der Waals surface area contributed by atoms with Crippen LogP contribution in [0.3, 0.4) is 0 Å². The van der Waals surface area contributed by atoms with Crippen LogP contribution >= 0.6 is 12.4 Å². The average Bonchev–Trinajstić information content (AvgIpc) is 2.47. The van der Waals surface area contributed by atoms with Crippen molar-refractivity contribution < 1.29 is 0 Å². The largest absolute Gasteiger partial charge is 0.354 e. The fourth-order valence-corrected chi connectivity index (χ4v) is 1.77. The zero-order valence-corrected chi connectivity index (χ0v) is 9.76. The van der Waals surface area contributed by atoms with E-state index < -0.39 is 0 Å². The third-order valence-electron chi connectivity index (χ3n) is 2.49. The zero-order valence-electron chi connectivity index (χ0n) is 8.94. The Labute approximate surface area is 96.5 Å². The number of aryl methyl sites for hydroxylation is 1. The Balaban J connectivity index is 0.00000112. The molecule has 2 heterocycles. The van der Waals surface area contributed by atoms with Crippen molar-refractivity contribution >= 4 is 18.2 Å². The van der Waals surface area contributed by atoms with E-state index in [0.29, 0.717) is 0 Å². The first kappa shape index (κ1) is 12.2. The van der Waals surface area contributed by atoms with Crippen LogP contribution in [0.15, 0.2) is 12.4 Å². The SMILES string of the molecule is Cc1nccnc1N1CCCNCC1.Cl. The molecule has 1 fully saturated rings. The van der Waals surface area contributed by atoms with Crippen LogP contribution < -0.4 is 10.2 Å². The molecule has 15 heavy (non-hydrogen) atoms. The van der Waals surface area contributed by atoms with E-state index in [1.807, 2.05) is 6.92 Å². The highest BCUT2D eigenvalue weighted by molar-refractivity contribution is 5.85. The topological polar surface area (TPSA) is 41.1 Å². The molecule has 1 aromatic heterocycles. The van der Waals surface area contributed by atoms with Crippen LogP contribution in [0.5, 0.6) is 0 Å². The minimum absolute atomic E-state index is 0. The van der Waals surface area contributed by atoms with Crippen LogP contribution in [-0.2, 0) is 0 Å². The molecule has 0 spiro atoms. The van der Waals surface area contributed by atoms with Crippen LogP contribution in [0.4, 0.5) is 5.82 Å². The molecule has 0 saturated carbocycles. The Hall–Kier alpha value is -0.870. The van der Waals surface area contributed by atoms with E-state index in [2.05, 4.69) is 20.2 Å². The lowest BCUT2D eigenvalue weighted by molar-refractivity contribution is 0.724. The van der Waals surface area contributed by atoms with E-state index in [9.17, 15) is 0 Å². The molecule has 0 aliphatic carbocycles. The molecule has 0 atom stereocenters. The first-order valence-corrected chi connectivity index (χ1v) is 5.11. The first-order chi connectivity index (χ1) is 6.88. The summed E-state index contributed by atoms with van der Waals surface area (Å²) >= 11 is 0. The molecule has 1 aromatic rings. The summed E-state index contributed by atoms with van der Waals surface area (Å²) in [6.07, 6.45) is 4.69. The zero-order chi connectivity index (χ0) is 9.80. The van der Waals surface area contributed by atoms with Crippen molar-refractivity contribution in [1.82, 2.24) is 15.3 Å². The monoisotopic (exact) mass is 228 g/mol. The van der Waals surface area contributed by atoms with Crippen LogP contribution in [0.2, 0.25) is 0 Å². The highest BCUT2D eigenvalue weighted by Gasteiger charge is 2.12. The summed E-state index contributed by atoms with van der Waals surface area (Å²) in [5.74, 6) is 1.04. The van der Waals surface area contributed by atoms with Gasteiger partial charge in [-0.15, -0.1) is 12.4 Å². The lowest BCUT2D eigenvalue weighted by Gasteiger charge is -2.21. The maximum absolute atomic E-state index is 4.38. The van der Waals surface area contributed by atoms with Gasteiger partial charge in [-0.3, -0.25) is 4.98 Å². The second-order valence-electron chi connectivity index (χ2n) is 3.56. The summed E-state index contributed by atoms with van der Waals surface area (Å²) in [4.78, 5) is 10.9. The Morgan fingerprint density at radius 2 is 2.00 bits per heavy atom. The lowest BCUT2D eigenvalue weighted by atomic mass is 10.3. The third-order valence-corrected chi connectivity index (χ3v) is 2.49. The van der Waals surface area contributed by atoms with Crippen LogP contribution in [0.25, 0.3) is 0 Å². The Kier molecular flexibility index (Phi) is 4.78. The van der Waals surface area contributed by atoms with E-state index in [0.717, 1.165) is 37.7 Å². The summed E-state index contributed by atoms with van der Waals surface area (Å²) in [5, 5.41) is 3.38. The van der Waals surface area contributed by atoms with Gasteiger partial charge in [0.1, 0.15) is 5.82 Å². The van der Waals surface area contributed by atoms with Gasteiger partial charge in [-0.05, 0) is 19.9 Å². The van der Waals surface area contributed by atoms with E-state index in [1.165, 1.54) is 6.42 Å². The highest BCUT2D eigenvalue weighted by Crippen LogP contribution is 2.14. The molecular formula is C10H17ClN4. The van der Waals surface area contributed by atoms with Gasteiger partial charge in [0, 0.05) is 32.0 Å². The predicted octanol–water partition coefficient (Wildman–Crippen LogP) is 1.01. The minimum Gasteiger partial charge on any atom is -0.354 e. The number of hydrogen-bond donors (Lipinski definition) is 1. The maximum Gasteiger partial charge on any atom is 0.150 e. The summed E-state index contributed by atoms with van der Waals surface area (Å²) in [5.41, 5.74) is 1.02. The molecule has 1 aliphatic heterocycles. The van der Waals surface area contributed by atoms with Gasteiger partial charge in [-0.25, -0.2) is 4.98 Å². The quantitative estimate of drug-likeness (QED) is 0.779. The van der Waals surface area contributed by atoms with Gasteiger partial charge in [-0.2, -0.15) is 0 Å². The van der Waals surface area contributed by atoms with Gasteiger partial charge < -0.3 is 10.2 Å². The number of hydrogen-bond acceptors (Lipinski definition) is 4. The van der Waals surface area contributed by atoms with Gasteiger partial charge in [0.15, 0.2) is 0 Å². The number of nitrogens with zero attached hydrogens (tertiary/aromatic N) is 3. The Morgan fingerprint density at radius 3 is 2.80 bits per heavy atom. The number of nitrogens with one attached hydrogen (secondary N) is 1. The molecule has 0 bridgehead atoms. The molecule has 0 aromatic carbocycles. The molecule has 2 rings (SSSR count).